The van der Waals surface area contributed by atoms with Gasteiger partial charge in [-0.15, -0.1) is 0 Å². The number of carboxylic acid groups (broad SMARTS) is 1. The molecule has 312 valence electrons. The Bertz CT molecular complexity index is 1520. The van der Waals surface area contributed by atoms with E-state index in [4.69, 9.17) is 16.6 Å². The Morgan fingerprint density at radius 2 is 1.20 bits per heavy atom. The lowest BCUT2D eigenvalue weighted by molar-refractivity contribution is -0.143. The number of carbonyl (C=O) groups excluding carboxylic acids is 9. The van der Waals surface area contributed by atoms with E-state index in [1.165, 1.54) is 21.6 Å². The van der Waals surface area contributed by atoms with Crippen LogP contribution in [-0.2, 0) is 47.9 Å². The van der Waals surface area contributed by atoms with Crippen LogP contribution in [0.1, 0.15) is 78.6 Å². The Hall–Kier alpha value is -5.34. The van der Waals surface area contributed by atoms with Crippen LogP contribution in [-0.4, -0.2) is 154 Å². The molecular formula is C35H56N10O11. The van der Waals surface area contributed by atoms with Crippen LogP contribution in [0, 0.1) is 5.92 Å². The fourth-order valence-corrected chi connectivity index (χ4v) is 7.07. The average molecular weight is 793 g/mol. The highest BCUT2D eigenvalue weighted by Crippen LogP contribution is 2.22. The van der Waals surface area contributed by atoms with Crippen molar-refractivity contribution in [2.45, 2.75) is 115 Å². The zero-order valence-electron chi connectivity index (χ0n) is 32.2. The van der Waals surface area contributed by atoms with E-state index in [1.54, 1.807) is 0 Å². The van der Waals surface area contributed by atoms with Crippen LogP contribution < -0.4 is 38.1 Å². The van der Waals surface area contributed by atoms with Crippen LogP contribution in [0.15, 0.2) is 0 Å². The minimum absolute atomic E-state index is 0.0347. The molecule has 9 amide bonds. The van der Waals surface area contributed by atoms with Crippen LogP contribution >= 0.6 is 0 Å². The van der Waals surface area contributed by atoms with Crippen LogP contribution in [0.3, 0.4) is 0 Å². The molecule has 3 aliphatic heterocycles. The van der Waals surface area contributed by atoms with E-state index < -0.39 is 115 Å². The summed E-state index contributed by atoms with van der Waals surface area (Å²) in [6, 6.07) is -5.78. The fourth-order valence-electron chi connectivity index (χ4n) is 7.07. The molecular weight excluding hydrogens is 736 g/mol. The van der Waals surface area contributed by atoms with Gasteiger partial charge in [0.1, 0.15) is 36.8 Å². The summed E-state index contributed by atoms with van der Waals surface area (Å²) in [6.07, 6.45) is 2.70. The number of hydrogen-bond acceptors (Lipinski definition) is 11. The number of carboxylic acids is 1. The molecule has 3 fully saturated rings. The van der Waals surface area contributed by atoms with E-state index in [1.807, 2.05) is 13.8 Å². The lowest BCUT2D eigenvalue weighted by atomic mass is 10.0. The second-order valence-corrected chi connectivity index (χ2v) is 14.8. The zero-order valence-corrected chi connectivity index (χ0v) is 32.2. The Morgan fingerprint density at radius 3 is 1.73 bits per heavy atom. The van der Waals surface area contributed by atoms with Crippen LogP contribution in [0.2, 0.25) is 0 Å². The van der Waals surface area contributed by atoms with Crippen molar-refractivity contribution in [1.82, 2.24) is 41.3 Å². The number of rotatable bonds is 19. The minimum Gasteiger partial charge on any atom is -0.480 e. The van der Waals surface area contributed by atoms with E-state index in [-0.39, 0.29) is 44.8 Å². The van der Waals surface area contributed by atoms with Gasteiger partial charge in [-0.3, -0.25) is 47.9 Å². The van der Waals surface area contributed by atoms with Gasteiger partial charge in [0.2, 0.25) is 53.2 Å². The summed E-state index contributed by atoms with van der Waals surface area (Å²) in [5.74, 6) is -6.55. The van der Waals surface area contributed by atoms with Gasteiger partial charge in [-0.05, 0) is 64.2 Å². The molecule has 0 radical (unpaired) electrons. The van der Waals surface area contributed by atoms with Gasteiger partial charge >= 0.3 is 5.97 Å². The van der Waals surface area contributed by atoms with Crippen molar-refractivity contribution in [3.8, 4) is 0 Å². The molecule has 10 N–H and O–H groups in total. The monoisotopic (exact) mass is 792 g/mol. The van der Waals surface area contributed by atoms with Crippen molar-refractivity contribution in [3.05, 3.63) is 0 Å². The van der Waals surface area contributed by atoms with Gasteiger partial charge in [0.25, 0.3) is 0 Å². The number of nitrogens with zero attached hydrogens (tertiary/aromatic N) is 3. The predicted octanol–water partition coefficient (Wildman–Crippen LogP) is -3.98. The van der Waals surface area contributed by atoms with Gasteiger partial charge < -0.3 is 57.9 Å². The molecule has 21 nitrogen and oxygen atoms in total. The van der Waals surface area contributed by atoms with E-state index in [0.717, 1.165) is 0 Å². The van der Waals surface area contributed by atoms with Gasteiger partial charge in [-0.1, -0.05) is 13.8 Å². The molecule has 0 aromatic rings. The first-order valence-corrected chi connectivity index (χ1v) is 19.0. The van der Waals surface area contributed by atoms with Crippen molar-refractivity contribution >= 4 is 59.1 Å². The molecule has 21 heteroatoms. The standard InChI is InChI=1S/C35H56N10O11/c1-19(2)15-22(42-27(47)16-38-31(52)23-7-5-13-44(23)34(55)21(36)10-11-26(37)46)35(56)45-14-6-8-24(45)32(53)39-17-28(48)43-12-4-9-25(43)33(54)41-20(3)30(51)40-18-29(49)50/h19-25H,4-18,36H2,1-3H3,(H2,37,46)(H,38,52)(H,39,53)(H,40,51)(H,41,54)(H,42,47)(H,49,50)/t20-,21-,22-,23-,24-,25-/m0/s1. The second kappa shape index (κ2) is 21.1. The van der Waals surface area contributed by atoms with Gasteiger partial charge in [-0.25, -0.2) is 0 Å². The van der Waals surface area contributed by atoms with Crippen molar-refractivity contribution in [2.24, 2.45) is 17.4 Å². The first-order chi connectivity index (χ1) is 26.4. The number of aliphatic carboxylic acids is 1. The van der Waals surface area contributed by atoms with Crippen molar-refractivity contribution in [1.29, 1.82) is 0 Å². The van der Waals surface area contributed by atoms with Crippen molar-refractivity contribution in [2.75, 3.05) is 39.3 Å². The lowest BCUT2D eigenvalue weighted by Gasteiger charge is -2.30. The number of amides is 9. The Labute approximate surface area is 324 Å². The van der Waals surface area contributed by atoms with Crippen LogP contribution in [0.4, 0.5) is 0 Å². The summed E-state index contributed by atoms with van der Waals surface area (Å²) in [5.41, 5.74) is 11.1. The largest absolute Gasteiger partial charge is 0.480 e. The lowest BCUT2D eigenvalue weighted by Crippen LogP contribution is -2.56. The van der Waals surface area contributed by atoms with Crippen LogP contribution in [0.5, 0.6) is 0 Å². The first kappa shape index (κ1) is 45.1. The quantitative estimate of drug-likeness (QED) is 0.0621. The molecule has 6 atom stereocenters. The summed E-state index contributed by atoms with van der Waals surface area (Å²) in [7, 11) is 0. The Morgan fingerprint density at radius 1 is 0.679 bits per heavy atom. The normalized spacial score (nSPS) is 20.8. The number of likely N-dealkylation sites (tertiary alicyclic amines) is 3. The zero-order chi connectivity index (χ0) is 41.7. The van der Waals surface area contributed by atoms with E-state index >= 15 is 0 Å². The third-order valence-corrected chi connectivity index (χ3v) is 9.92. The SMILES string of the molecule is CC(C)C[C@H](NC(=O)CNC(=O)[C@@H]1CCCN1C(=O)[C@@H](N)CCC(N)=O)C(=O)N1CCC[C@H]1C(=O)NCC(=O)N1CCC[C@H]1C(=O)N[C@@H](C)C(=O)NCC(=O)O. The smallest absolute Gasteiger partial charge is 0.322 e. The summed E-state index contributed by atoms with van der Waals surface area (Å²) in [5, 5.41) is 21.2. The van der Waals surface area contributed by atoms with Gasteiger partial charge in [0, 0.05) is 26.1 Å². The highest BCUT2D eigenvalue weighted by atomic mass is 16.4. The summed E-state index contributed by atoms with van der Waals surface area (Å²) in [6.45, 7) is 4.29. The summed E-state index contributed by atoms with van der Waals surface area (Å²) in [4.78, 5) is 130. The number of primary amides is 1. The van der Waals surface area contributed by atoms with E-state index in [2.05, 4.69) is 26.6 Å². The molecule has 0 saturated carbocycles. The molecule has 3 heterocycles. The summed E-state index contributed by atoms with van der Waals surface area (Å²) >= 11 is 0. The topological polar surface area (TPSA) is 313 Å². The molecule has 0 aromatic heterocycles. The first-order valence-electron chi connectivity index (χ1n) is 19.0. The average Bonchev–Trinajstić information content (AvgIpc) is 3.94. The third-order valence-electron chi connectivity index (χ3n) is 9.92. The fraction of sp³-hybridized carbons (Fsp3) is 0.714. The number of hydrogen-bond donors (Lipinski definition) is 8. The molecule has 3 aliphatic rings. The Kier molecular flexibility index (Phi) is 17.0. The minimum atomic E-state index is -1.25. The van der Waals surface area contributed by atoms with Crippen molar-refractivity contribution < 1.29 is 53.1 Å². The number of nitrogens with two attached hydrogens (primary N) is 2. The molecule has 0 spiro atoms. The maximum Gasteiger partial charge on any atom is 0.322 e. The predicted molar refractivity (Wildman–Crippen MR) is 196 cm³/mol. The van der Waals surface area contributed by atoms with Gasteiger partial charge in [0.15, 0.2) is 0 Å². The summed E-state index contributed by atoms with van der Waals surface area (Å²) < 4.78 is 0. The molecule has 3 saturated heterocycles. The molecule has 3 rings (SSSR count). The van der Waals surface area contributed by atoms with Gasteiger partial charge in [-0.2, -0.15) is 0 Å². The number of nitrogens with one attached hydrogen (secondary N) is 5. The highest BCUT2D eigenvalue weighted by molar-refractivity contribution is 5.97. The van der Waals surface area contributed by atoms with Crippen LogP contribution in [0.25, 0.3) is 0 Å². The van der Waals surface area contributed by atoms with Gasteiger partial charge in [0.05, 0.1) is 19.1 Å². The van der Waals surface area contributed by atoms with E-state index in [0.29, 0.717) is 38.5 Å². The van der Waals surface area contributed by atoms with E-state index in [9.17, 15) is 47.9 Å². The number of carbonyl (C=O) groups is 10. The molecule has 0 aromatic carbocycles. The molecule has 0 aliphatic carbocycles. The van der Waals surface area contributed by atoms with Crippen molar-refractivity contribution in [3.63, 3.8) is 0 Å². The molecule has 0 bridgehead atoms. The third kappa shape index (κ3) is 12.9. The Balaban J connectivity index is 1.54. The maximum absolute atomic E-state index is 13.8. The maximum atomic E-state index is 13.8. The molecule has 0 unspecified atom stereocenters. The molecule has 56 heavy (non-hydrogen) atoms. The second-order valence-electron chi connectivity index (χ2n) is 14.8. The highest BCUT2D eigenvalue weighted by Gasteiger charge is 2.40.